The van der Waals surface area contributed by atoms with Gasteiger partial charge in [0.05, 0.1) is 27.3 Å². The maximum Gasteiger partial charge on any atom is 0.220 e. The second-order valence-electron chi connectivity index (χ2n) is 7.46. The van der Waals surface area contributed by atoms with Gasteiger partial charge in [0.1, 0.15) is 16.7 Å². The van der Waals surface area contributed by atoms with E-state index in [0.717, 1.165) is 55.5 Å². The van der Waals surface area contributed by atoms with E-state index in [4.69, 9.17) is 21.0 Å². The van der Waals surface area contributed by atoms with E-state index >= 15 is 0 Å². The van der Waals surface area contributed by atoms with Crippen LogP contribution >= 0.6 is 11.6 Å². The van der Waals surface area contributed by atoms with Crippen molar-refractivity contribution in [2.24, 2.45) is 0 Å². The standard InChI is InChI=1S/C25H14ClN3O/c26-18-7-5-10-21-24(18)27-25-28(19-8-2-3-9-20(19)29(21)25)15-12-13-17-16-6-1-4-11-22(16)30-23(17)14-15/h1-14H. The smallest absolute Gasteiger partial charge is 0.220 e. The molecule has 4 aromatic carbocycles. The summed E-state index contributed by atoms with van der Waals surface area (Å²) < 4.78 is 10.5. The molecule has 4 nitrogen and oxygen atoms in total. The summed E-state index contributed by atoms with van der Waals surface area (Å²) in [5.74, 6) is 0.828. The SMILES string of the molecule is Clc1cccc2c1nc1n(-c3ccc4c(c3)oc3ccccc34)c3ccccc3n21. The van der Waals surface area contributed by atoms with Crippen LogP contribution in [0.3, 0.4) is 0 Å². The predicted molar refractivity (Wildman–Crippen MR) is 122 cm³/mol. The Bertz CT molecular complexity index is 1770. The highest BCUT2D eigenvalue weighted by Gasteiger charge is 2.18. The van der Waals surface area contributed by atoms with Crippen LogP contribution in [0.15, 0.2) is 89.3 Å². The lowest BCUT2D eigenvalue weighted by molar-refractivity contribution is 0.668. The molecule has 0 unspecified atom stereocenters. The van der Waals surface area contributed by atoms with Gasteiger partial charge in [-0.25, -0.2) is 4.98 Å². The normalized spacial score (nSPS) is 12.2. The summed E-state index contributed by atoms with van der Waals surface area (Å²) in [6, 6.07) is 28.7. The molecule has 5 heteroatoms. The van der Waals surface area contributed by atoms with Gasteiger partial charge >= 0.3 is 0 Å². The first-order valence-electron chi connectivity index (χ1n) is 9.77. The molecule has 0 bridgehead atoms. The Kier molecular flexibility index (Phi) is 3.03. The van der Waals surface area contributed by atoms with Crippen LogP contribution in [0.25, 0.3) is 55.5 Å². The summed E-state index contributed by atoms with van der Waals surface area (Å²) in [7, 11) is 0. The van der Waals surface area contributed by atoms with E-state index in [-0.39, 0.29) is 0 Å². The van der Waals surface area contributed by atoms with Gasteiger partial charge < -0.3 is 4.42 Å². The number of nitrogens with zero attached hydrogens (tertiary/aromatic N) is 3. The van der Waals surface area contributed by atoms with Gasteiger partial charge in [-0.15, -0.1) is 0 Å². The Labute approximate surface area is 175 Å². The number of para-hydroxylation sites is 4. The molecule has 0 aliphatic rings. The molecule has 7 rings (SSSR count). The first-order chi connectivity index (χ1) is 14.8. The largest absolute Gasteiger partial charge is 0.456 e. The lowest BCUT2D eigenvalue weighted by Crippen LogP contribution is -1.94. The van der Waals surface area contributed by atoms with Crippen molar-refractivity contribution in [2.45, 2.75) is 0 Å². The molecule has 30 heavy (non-hydrogen) atoms. The maximum absolute atomic E-state index is 6.46. The van der Waals surface area contributed by atoms with Gasteiger partial charge in [-0.05, 0) is 42.5 Å². The number of halogens is 1. The zero-order valence-electron chi connectivity index (χ0n) is 15.7. The highest BCUT2D eigenvalue weighted by molar-refractivity contribution is 6.35. The van der Waals surface area contributed by atoms with Crippen LogP contribution in [0.5, 0.6) is 0 Å². The summed E-state index contributed by atoms with van der Waals surface area (Å²) in [4.78, 5) is 4.91. The Morgan fingerprint density at radius 2 is 1.47 bits per heavy atom. The molecule has 3 aromatic heterocycles. The number of benzene rings is 4. The molecule has 0 saturated heterocycles. The predicted octanol–water partition coefficient (Wildman–Crippen LogP) is 6.98. The Balaban J connectivity index is 1.63. The molecule has 0 spiro atoms. The first-order valence-corrected chi connectivity index (χ1v) is 10.2. The minimum atomic E-state index is 0.652. The van der Waals surface area contributed by atoms with Crippen LogP contribution < -0.4 is 0 Å². The lowest BCUT2D eigenvalue weighted by atomic mass is 10.1. The highest BCUT2D eigenvalue weighted by Crippen LogP contribution is 2.34. The van der Waals surface area contributed by atoms with Crippen molar-refractivity contribution in [1.29, 1.82) is 0 Å². The van der Waals surface area contributed by atoms with Crippen LogP contribution in [0.2, 0.25) is 5.02 Å². The Hall–Kier alpha value is -3.76. The molecule has 0 amide bonds. The quantitative estimate of drug-likeness (QED) is 0.294. The van der Waals surface area contributed by atoms with Crippen LogP contribution in [0.1, 0.15) is 0 Å². The monoisotopic (exact) mass is 407 g/mol. The average Bonchev–Trinajstić information content (AvgIpc) is 3.42. The average molecular weight is 408 g/mol. The molecule has 0 atom stereocenters. The number of furan rings is 1. The number of hydrogen-bond donors (Lipinski definition) is 0. The number of hydrogen-bond acceptors (Lipinski definition) is 2. The fraction of sp³-hybridized carbons (Fsp3) is 0. The maximum atomic E-state index is 6.46. The molecule has 0 fully saturated rings. The Morgan fingerprint density at radius 3 is 2.40 bits per heavy atom. The van der Waals surface area contributed by atoms with E-state index in [1.54, 1.807) is 0 Å². The van der Waals surface area contributed by atoms with Gasteiger partial charge in [0.25, 0.3) is 0 Å². The van der Waals surface area contributed by atoms with Crippen molar-refractivity contribution in [2.75, 3.05) is 0 Å². The molecule has 0 N–H and O–H groups in total. The van der Waals surface area contributed by atoms with Crippen LogP contribution in [0.4, 0.5) is 0 Å². The summed E-state index contributed by atoms with van der Waals surface area (Å²) in [6.07, 6.45) is 0. The van der Waals surface area contributed by atoms with Crippen molar-refractivity contribution >= 4 is 61.4 Å². The topological polar surface area (TPSA) is 35.4 Å². The summed E-state index contributed by atoms with van der Waals surface area (Å²) in [5, 5.41) is 2.89. The number of rotatable bonds is 1. The van der Waals surface area contributed by atoms with Gasteiger partial charge in [-0.1, -0.05) is 48.0 Å². The Morgan fingerprint density at radius 1 is 0.700 bits per heavy atom. The van der Waals surface area contributed by atoms with E-state index in [9.17, 15) is 0 Å². The van der Waals surface area contributed by atoms with Crippen molar-refractivity contribution in [3.05, 3.63) is 90.0 Å². The summed E-state index contributed by atoms with van der Waals surface area (Å²) in [5.41, 5.74) is 6.72. The number of fused-ring (bicyclic) bond motifs is 8. The number of aromatic nitrogens is 3. The summed E-state index contributed by atoms with van der Waals surface area (Å²) >= 11 is 6.46. The van der Waals surface area contributed by atoms with Crippen LogP contribution in [0, 0.1) is 0 Å². The van der Waals surface area contributed by atoms with E-state index in [0.29, 0.717) is 5.02 Å². The van der Waals surface area contributed by atoms with E-state index < -0.39 is 0 Å². The van der Waals surface area contributed by atoms with E-state index in [1.165, 1.54) is 0 Å². The van der Waals surface area contributed by atoms with E-state index in [2.05, 4.69) is 51.4 Å². The van der Waals surface area contributed by atoms with Gasteiger partial charge in [-0.2, -0.15) is 0 Å². The van der Waals surface area contributed by atoms with Gasteiger partial charge in [-0.3, -0.25) is 8.97 Å². The van der Waals surface area contributed by atoms with Crippen molar-refractivity contribution in [3.8, 4) is 5.69 Å². The molecular weight excluding hydrogens is 394 g/mol. The van der Waals surface area contributed by atoms with Crippen molar-refractivity contribution in [1.82, 2.24) is 14.0 Å². The van der Waals surface area contributed by atoms with Crippen molar-refractivity contribution in [3.63, 3.8) is 0 Å². The molecule has 0 aliphatic carbocycles. The third-order valence-electron chi connectivity index (χ3n) is 5.80. The van der Waals surface area contributed by atoms with Crippen LogP contribution in [-0.4, -0.2) is 14.0 Å². The van der Waals surface area contributed by atoms with Gasteiger partial charge in [0.15, 0.2) is 0 Å². The van der Waals surface area contributed by atoms with Gasteiger partial charge in [0.2, 0.25) is 5.78 Å². The molecule has 0 radical (unpaired) electrons. The van der Waals surface area contributed by atoms with Crippen LogP contribution in [-0.2, 0) is 0 Å². The number of imidazole rings is 2. The van der Waals surface area contributed by atoms with Gasteiger partial charge in [0, 0.05) is 16.8 Å². The van der Waals surface area contributed by atoms with E-state index in [1.807, 2.05) is 42.5 Å². The highest BCUT2D eigenvalue weighted by atomic mass is 35.5. The fourth-order valence-electron chi connectivity index (χ4n) is 4.50. The van der Waals surface area contributed by atoms with Crippen molar-refractivity contribution < 1.29 is 4.42 Å². The molecule has 0 saturated carbocycles. The fourth-order valence-corrected chi connectivity index (χ4v) is 4.71. The first kappa shape index (κ1) is 16.1. The minimum Gasteiger partial charge on any atom is -0.456 e. The third-order valence-corrected chi connectivity index (χ3v) is 6.11. The second-order valence-corrected chi connectivity index (χ2v) is 7.86. The lowest BCUT2D eigenvalue weighted by Gasteiger charge is -2.05. The molecular formula is C25H14ClN3O. The molecule has 0 aliphatic heterocycles. The zero-order valence-corrected chi connectivity index (χ0v) is 16.5. The third kappa shape index (κ3) is 1.98. The second kappa shape index (κ2) is 5.65. The summed E-state index contributed by atoms with van der Waals surface area (Å²) in [6.45, 7) is 0. The molecule has 3 heterocycles. The minimum absolute atomic E-state index is 0.652. The zero-order chi connectivity index (χ0) is 19.8. The molecule has 7 aromatic rings. The molecule has 142 valence electrons.